The van der Waals surface area contributed by atoms with Crippen LogP contribution in [0.15, 0.2) is 79.1 Å². The van der Waals surface area contributed by atoms with Crippen molar-refractivity contribution in [1.82, 2.24) is 14.8 Å². The van der Waals surface area contributed by atoms with Crippen molar-refractivity contribution in [2.75, 3.05) is 19.6 Å². The van der Waals surface area contributed by atoms with Crippen LogP contribution in [-0.4, -0.2) is 57.4 Å². The minimum Gasteiger partial charge on any atom is -0.481 e. The number of aromatic nitrogens is 1. The molecule has 164 valence electrons. The van der Waals surface area contributed by atoms with Crippen LogP contribution in [0, 0.1) is 6.92 Å². The average Bonchev–Trinajstić information content (AvgIpc) is 2.81. The first kappa shape index (κ1) is 21.7. The zero-order valence-electron chi connectivity index (χ0n) is 18.1. The molecular weight excluding hydrogens is 402 g/mol. The van der Waals surface area contributed by atoms with E-state index in [4.69, 9.17) is 0 Å². The molecule has 3 aromatic rings. The van der Waals surface area contributed by atoms with Crippen molar-refractivity contribution in [3.8, 4) is 0 Å². The summed E-state index contributed by atoms with van der Waals surface area (Å²) < 4.78 is 0. The van der Waals surface area contributed by atoms with Gasteiger partial charge in [-0.3, -0.25) is 19.5 Å². The summed E-state index contributed by atoms with van der Waals surface area (Å²) in [5.74, 6) is -0.974. The van der Waals surface area contributed by atoms with Crippen molar-refractivity contribution >= 4 is 11.9 Å². The third kappa shape index (κ3) is 4.86. The van der Waals surface area contributed by atoms with Gasteiger partial charge in [-0.25, -0.2) is 0 Å². The number of hydrogen-bond donors (Lipinski definition) is 1. The second-order valence-corrected chi connectivity index (χ2v) is 8.22. The van der Waals surface area contributed by atoms with Crippen LogP contribution >= 0.6 is 0 Å². The minimum absolute atomic E-state index is 0.0357. The lowest BCUT2D eigenvalue weighted by atomic mass is 9.93. The van der Waals surface area contributed by atoms with Crippen LogP contribution in [0.5, 0.6) is 0 Å². The van der Waals surface area contributed by atoms with Crippen molar-refractivity contribution in [3.63, 3.8) is 0 Å². The molecule has 0 spiro atoms. The zero-order valence-corrected chi connectivity index (χ0v) is 18.1. The summed E-state index contributed by atoms with van der Waals surface area (Å²) in [4.78, 5) is 33.0. The van der Waals surface area contributed by atoms with Gasteiger partial charge in [0, 0.05) is 38.1 Å². The average molecular weight is 430 g/mol. The molecular formula is C26H27N3O3. The van der Waals surface area contributed by atoms with Gasteiger partial charge in [-0.15, -0.1) is 0 Å². The second kappa shape index (κ2) is 9.75. The highest BCUT2D eigenvalue weighted by atomic mass is 16.4. The van der Waals surface area contributed by atoms with Crippen molar-refractivity contribution in [1.29, 1.82) is 0 Å². The minimum atomic E-state index is -0.869. The lowest BCUT2D eigenvalue weighted by Crippen LogP contribution is -2.56. The molecule has 1 atom stereocenters. The lowest BCUT2D eigenvalue weighted by Gasteiger charge is -2.45. The van der Waals surface area contributed by atoms with Gasteiger partial charge in [-0.2, -0.15) is 0 Å². The summed E-state index contributed by atoms with van der Waals surface area (Å²) in [5, 5.41) is 9.64. The van der Waals surface area contributed by atoms with Gasteiger partial charge in [-0.1, -0.05) is 60.7 Å². The van der Waals surface area contributed by atoms with Crippen LogP contribution in [-0.2, 0) is 4.79 Å². The monoisotopic (exact) mass is 429 g/mol. The Hall–Kier alpha value is -3.51. The van der Waals surface area contributed by atoms with E-state index in [0.717, 1.165) is 16.7 Å². The normalized spacial score (nSPS) is 16.8. The Morgan fingerprint density at radius 2 is 1.62 bits per heavy atom. The third-order valence-electron chi connectivity index (χ3n) is 5.91. The fraction of sp³-hybridized carbons (Fsp3) is 0.269. The molecule has 0 saturated carbocycles. The molecule has 1 N–H and O–H groups in total. The first-order valence-corrected chi connectivity index (χ1v) is 10.8. The maximum atomic E-state index is 13.1. The van der Waals surface area contributed by atoms with Gasteiger partial charge in [0.25, 0.3) is 5.91 Å². The predicted molar refractivity (Wildman–Crippen MR) is 122 cm³/mol. The van der Waals surface area contributed by atoms with Gasteiger partial charge in [0.1, 0.15) is 0 Å². The lowest BCUT2D eigenvalue weighted by molar-refractivity contribution is -0.139. The SMILES string of the molecule is Cc1cncc(C(=O)N2CCN(C(c3ccccc3)c3ccccc3)[C@H](CC(=O)O)C2)c1. The highest BCUT2D eigenvalue weighted by molar-refractivity contribution is 5.94. The zero-order chi connectivity index (χ0) is 22.5. The molecule has 0 aliphatic carbocycles. The van der Waals surface area contributed by atoms with Crippen LogP contribution in [0.1, 0.15) is 39.5 Å². The number of rotatable bonds is 6. The number of carbonyl (C=O) groups excluding carboxylic acids is 1. The molecule has 0 radical (unpaired) electrons. The standard InChI is InChI=1S/C26H27N3O3/c1-19-14-22(17-27-16-19)26(32)28-12-13-29(23(18-28)15-24(30)31)25(20-8-4-2-5-9-20)21-10-6-3-7-11-21/h2-11,14,16-17,23,25H,12-13,15,18H2,1H3,(H,30,31)/t23-/m1/s1. The Labute approximate surface area is 188 Å². The molecule has 1 aliphatic heterocycles. The Balaban J connectivity index is 1.65. The number of piperazine rings is 1. The fourth-order valence-electron chi connectivity index (χ4n) is 4.48. The van der Waals surface area contributed by atoms with Crippen molar-refractivity contribution in [2.45, 2.75) is 25.4 Å². The smallest absolute Gasteiger partial charge is 0.305 e. The molecule has 4 rings (SSSR count). The number of aliphatic carboxylic acids is 1. The van der Waals surface area contributed by atoms with Gasteiger partial charge < -0.3 is 10.0 Å². The quantitative estimate of drug-likeness (QED) is 0.646. The number of amides is 1. The van der Waals surface area contributed by atoms with E-state index in [1.54, 1.807) is 17.3 Å². The predicted octanol–water partition coefficient (Wildman–Crippen LogP) is 3.78. The molecule has 2 heterocycles. The number of pyridine rings is 1. The van der Waals surface area contributed by atoms with Crippen LogP contribution in [0.3, 0.4) is 0 Å². The summed E-state index contributed by atoms with van der Waals surface area (Å²) in [7, 11) is 0. The molecule has 0 bridgehead atoms. The van der Waals surface area contributed by atoms with Crippen molar-refractivity contribution < 1.29 is 14.7 Å². The fourth-order valence-corrected chi connectivity index (χ4v) is 4.48. The van der Waals surface area contributed by atoms with Crippen LogP contribution < -0.4 is 0 Å². The maximum Gasteiger partial charge on any atom is 0.305 e. The number of aryl methyl sites for hydroxylation is 1. The number of benzene rings is 2. The van der Waals surface area contributed by atoms with Gasteiger partial charge in [0.15, 0.2) is 0 Å². The van der Waals surface area contributed by atoms with Gasteiger partial charge in [-0.05, 0) is 29.7 Å². The van der Waals surface area contributed by atoms with Gasteiger partial charge in [0.2, 0.25) is 0 Å². The first-order chi connectivity index (χ1) is 15.5. The molecule has 1 fully saturated rings. The Morgan fingerprint density at radius 3 is 2.19 bits per heavy atom. The number of carboxylic acids is 1. The van der Waals surface area contributed by atoms with Gasteiger partial charge in [0.05, 0.1) is 18.0 Å². The summed E-state index contributed by atoms with van der Waals surface area (Å²) in [6, 6.07) is 21.7. The van der Waals surface area contributed by atoms with Crippen LogP contribution in [0.25, 0.3) is 0 Å². The molecule has 0 unspecified atom stereocenters. The molecule has 1 aliphatic rings. The Morgan fingerprint density at radius 1 is 1.00 bits per heavy atom. The summed E-state index contributed by atoms with van der Waals surface area (Å²) in [6.45, 7) is 3.37. The number of nitrogens with zero attached hydrogens (tertiary/aromatic N) is 3. The van der Waals surface area contributed by atoms with Crippen molar-refractivity contribution in [3.05, 3.63) is 101 Å². The second-order valence-electron chi connectivity index (χ2n) is 8.22. The molecule has 2 aromatic carbocycles. The molecule has 1 aromatic heterocycles. The molecule has 32 heavy (non-hydrogen) atoms. The molecule has 6 heteroatoms. The Bertz CT molecular complexity index is 1030. The van der Waals surface area contributed by atoms with E-state index in [1.165, 1.54) is 0 Å². The van der Waals surface area contributed by atoms with E-state index in [1.807, 2.05) is 49.4 Å². The van der Waals surface area contributed by atoms with Crippen LogP contribution in [0.2, 0.25) is 0 Å². The van der Waals surface area contributed by atoms with E-state index in [2.05, 4.69) is 34.1 Å². The molecule has 1 amide bonds. The van der Waals surface area contributed by atoms with E-state index >= 15 is 0 Å². The first-order valence-electron chi connectivity index (χ1n) is 10.8. The van der Waals surface area contributed by atoms with E-state index in [-0.39, 0.29) is 24.4 Å². The highest BCUT2D eigenvalue weighted by Gasteiger charge is 2.36. The molecule has 1 saturated heterocycles. The Kier molecular flexibility index (Phi) is 6.61. The third-order valence-corrected chi connectivity index (χ3v) is 5.91. The van der Waals surface area contributed by atoms with E-state index < -0.39 is 5.97 Å². The highest BCUT2D eigenvalue weighted by Crippen LogP contribution is 2.33. The number of carboxylic acid groups (broad SMARTS) is 1. The van der Waals surface area contributed by atoms with Crippen molar-refractivity contribution in [2.24, 2.45) is 0 Å². The van der Waals surface area contributed by atoms with E-state index in [9.17, 15) is 14.7 Å². The number of carbonyl (C=O) groups is 2. The number of hydrogen-bond acceptors (Lipinski definition) is 4. The van der Waals surface area contributed by atoms with Gasteiger partial charge >= 0.3 is 5.97 Å². The van der Waals surface area contributed by atoms with E-state index in [0.29, 0.717) is 25.2 Å². The summed E-state index contributed by atoms with van der Waals surface area (Å²) >= 11 is 0. The molecule has 6 nitrogen and oxygen atoms in total. The topological polar surface area (TPSA) is 73.7 Å². The maximum absolute atomic E-state index is 13.1. The summed E-state index contributed by atoms with van der Waals surface area (Å²) in [5.41, 5.74) is 3.67. The van der Waals surface area contributed by atoms with Crippen LogP contribution in [0.4, 0.5) is 0 Å². The largest absolute Gasteiger partial charge is 0.481 e. The summed E-state index contributed by atoms with van der Waals surface area (Å²) in [6.07, 6.45) is 3.25.